The van der Waals surface area contributed by atoms with Crippen LogP contribution in [0.15, 0.2) is 47.6 Å². The molecular weight excluding hydrogens is 268 g/mol. The van der Waals surface area contributed by atoms with Crippen molar-refractivity contribution in [3.63, 3.8) is 0 Å². The summed E-state index contributed by atoms with van der Waals surface area (Å²) < 4.78 is 0. The summed E-state index contributed by atoms with van der Waals surface area (Å²) in [5.74, 6) is 0.588. The van der Waals surface area contributed by atoms with Gasteiger partial charge < -0.3 is 10.0 Å². The molecule has 2 aromatic rings. The van der Waals surface area contributed by atoms with Crippen molar-refractivity contribution in [3.8, 4) is 0 Å². The Hall–Kier alpha value is -1.01. The van der Waals surface area contributed by atoms with Crippen molar-refractivity contribution in [1.82, 2.24) is 4.98 Å². The molecule has 0 aliphatic heterocycles. The van der Waals surface area contributed by atoms with Crippen LogP contribution in [0.25, 0.3) is 0 Å². The van der Waals surface area contributed by atoms with Crippen LogP contribution in [-0.2, 0) is 5.75 Å². The highest BCUT2D eigenvalue weighted by Crippen LogP contribution is 2.26. The molecule has 0 amide bonds. The Morgan fingerprint density at radius 1 is 1.17 bits per heavy atom. The Bertz CT molecular complexity index is 539. The third kappa shape index (κ3) is 3.26. The Labute approximate surface area is 115 Å². The van der Waals surface area contributed by atoms with Crippen LogP contribution < -0.4 is 5.46 Å². The standard InChI is InChI=1S/C12H11BClNO2S/c14-11-6-3-7-15-12(11)18-8-9-4-1-2-5-10(9)13(16)17/h1-7,16-17H,8H2. The molecule has 0 radical (unpaired) electrons. The minimum absolute atomic E-state index is 0.511. The zero-order valence-electron chi connectivity index (χ0n) is 9.45. The van der Waals surface area contributed by atoms with E-state index < -0.39 is 7.12 Å². The molecule has 1 aromatic carbocycles. The third-order valence-electron chi connectivity index (χ3n) is 2.42. The topological polar surface area (TPSA) is 53.4 Å². The minimum Gasteiger partial charge on any atom is -0.423 e. The second-order valence-corrected chi connectivity index (χ2v) is 5.02. The predicted octanol–water partition coefficient (Wildman–Crippen LogP) is 1.71. The highest BCUT2D eigenvalue weighted by Gasteiger charge is 2.15. The number of rotatable bonds is 4. The molecule has 0 bridgehead atoms. The maximum Gasteiger partial charge on any atom is 0.488 e. The summed E-state index contributed by atoms with van der Waals surface area (Å²) in [5, 5.41) is 19.9. The SMILES string of the molecule is OB(O)c1ccccc1CSc1ncccc1Cl. The summed E-state index contributed by atoms with van der Waals surface area (Å²) >= 11 is 7.48. The lowest BCUT2D eigenvalue weighted by atomic mass is 9.77. The molecule has 0 spiro atoms. The predicted molar refractivity (Wildman–Crippen MR) is 75.1 cm³/mol. The number of thioether (sulfide) groups is 1. The molecule has 0 aliphatic rings. The van der Waals surface area contributed by atoms with Crippen LogP contribution in [0.5, 0.6) is 0 Å². The summed E-state index contributed by atoms with van der Waals surface area (Å²) in [6.07, 6.45) is 1.68. The van der Waals surface area contributed by atoms with Crippen LogP contribution >= 0.6 is 23.4 Å². The van der Waals surface area contributed by atoms with Gasteiger partial charge in [-0.15, -0.1) is 11.8 Å². The summed E-state index contributed by atoms with van der Waals surface area (Å²) in [5.41, 5.74) is 1.37. The van der Waals surface area contributed by atoms with Gasteiger partial charge in [-0.2, -0.15) is 0 Å². The van der Waals surface area contributed by atoms with Gasteiger partial charge in [0.15, 0.2) is 0 Å². The Kier molecular flexibility index (Phi) is 4.66. The summed E-state index contributed by atoms with van der Waals surface area (Å²) in [6, 6.07) is 10.7. The number of hydrogen-bond acceptors (Lipinski definition) is 4. The van der Waals surface area contributed by atoms with Crippen LogP contribution in [0.1, 0.15) is 5.56 Å². The quantitative estimate of drug-likeness (QED) is 0.661. The molecule has 3 nitrogen and oxygen atoms in total. The monoisotopic (exact) mass is 279 g/mol. The largest absolute Gasteiger partial charge is 0.488 e. The van der Waals surface area contributed by atoms with Gasteiger partial charge in [-0.3, -0.25) is 0 Å². The minimum atomic E-state index is -1.46. The van der Waals surface area contributed by atoms with E-state index in [-0.39, 0.29) is 0 Å². The number of aromatic nitrogens is 1. The van der Waals surface area contributed by atoms with E-state index in [1.54, 1.807) is 30.5 Å². The number of hydrogen-bond donors (Lipinski definition) is 2. The molecule has 0 fully saturated rings. The molecule has 0 unspecified atom stereocenters. The zero-order chi connectivity index (χ0) is 13.0. The molecule has 92 valence electrons. The van der Waals surface area contributed by atoms with Crippen LogP contribution in [0.2, 0.25) is 5.02 Å². The van der Waals surface area contributed by atoms with E-state index in [0.717, 1.165) is 10.6 Å². The third-order valence-corrected chi connectivity index (χ3v) is 3.89. The van der Waals surface area contributed by atoms with Crippen LogP contribution in [0.3, 0.4) is 0 Å². The van der Waals surface area contributed by atoms with Crippen molar-refractivity contribution >= 4 is 35.9 Å². The van der Waals surface area contributed by atoms with Gasteiger partial charge >= 0.3 is 7.12 Å². The average Bonchev–Trinajstić information content (AvgIpc) is 2.38. The fourth-order valence-corrected chi connectivity index (χ4v) is 2.72. The molecule has 1 aromatic heterocycles. The lowest BCUT2D eigenvalue weighted by Gasteiger charge is -2.08. The molecule has 18 heavy (non-hydrogen) atoms. The Morgan fingerprint density at radius 3 is 2.67 bits per heavy atom. The molecular formula is C12H11BClNO2S. The molecule has 2 rings (SSSR count). The molecule has 0 saturated heterocycles. The Morgan fingerprint density at radius 2 is 1.94 bits per heavy atom. The first kappa shape index (κ1) is 13.4. The maximum atomic E-state index is 9.26. The van der Waals surface area contributed by atoms with E-state index in [4.69, 9.17) is 11.6 Å². The lowest BCUT2D eigenvalue weighted by Crippen LogP contribution is -2.32. The highest BCUT2D eigenvalue weighted by atomic mass is 35.5. The van der Waals surface area contributed by atoms with Gasteiger partial charge in [0, 0.05) is 11.9 Å². The van der Waals surface area contributed by atoms with Gasteiger partial charge in [0.25, 0.3) is 0 Å². The van der Waals surface area contributed by atoms with E-state index in [9.17, 15) is 10.0 Å². The van der Waals surface area contributed by atoms with Gasteiger partial charge in [0.2, 0.25) is 0 Å². The van der Waals surface area contributed by atoms with Crippen molar-refractivity contribution in [2.24, 2.45) is 0 Å². The summed E-state index contributed by atoms with van der Waals surface area (Å²) in [6.45, 7) is 0. The number of pyridine rings is 1. The molecule has 1 heterocycles. The number of nitrogens with zero attached hydrogens (tertiary/aromatic N) is 1. The number of halogens is 1. The fourth-order valence-electron chi connectivity index (χ4n) is 1.54. The molecule has 0 atom stereocenters. The van der Waals surface area contributed by atoms with Crippen molar-refractivity contribution in [1.29, 1.82) is 0 Å². The Balaban J connectivity index is 2.14. The van der Waals surface area contributed by atoms with E-state index in [1.165, 1.54) is 11.8 Å². The van der Waals surface area contributed by atoms with Gasteiger partial charge in [-0.25, -0.2) is 4.98 Å². The second kappa shape index (κ2) is 6.25. The zero-order valence-corrected chi connectivity index (χ0v) is 11.0. The molecule has 6 heteroatoms. The van der Waals surface area contributed by atoms with E-state index in [0.29, 0.717) is 16.2 Å². The maximum absolute atomic E-state index is 9.26. The van der Waals surface area contributed by atoms with Crippen molar-refractivity contribution < 1.29 is 10.0 Å². The van der Waals surface area contributed by atoms with E-state index >= 15 is 0 Å². The van der Waals surface area contributed by atoms with Crippen molar-refractivity contribution in [2.45, 2.75) is 10.8 Å². The van der Waals surface area contributed by atoms with Gasteiger partial charge in [-0.05, 0) is 23.2 Å². The molecule has 0 saturated carbocycles. The first-order valence-electron chi connectivity index (χ1n) is 5.35. The smallest absolute Gasteiger partial charge is 0.423 e. The van der Waals surface area contributed by atoms with Gasteiger partial charge in [0.1, 0.15) is 5.03 Å². The highest BCUT2D eigenvalue weighted by molar-refractivity contribution is 7.98. The first-order chi connectivity index (χ1) is 8.68. The molecule has 2 N–H and O–H groups in total. The van der Waals surface area contributed by atoms with Gasteiger partial charge in [-0.1, -0.05) is 35.9 Å². The van der Waals surface area contributed by atoms with E-state index in [2.05, 4.69) is 4.98 Å². The van der Waals surface area contributed by atoms with Crippen molar-refractivity contribution in [3.05, 3.63) is 53.2 Å². The van der Waals surface area contributed by atoms with Gasteiger partial charge in [0.05, 0.1) is 5.02 Å². The van der Waals surface area contributed by atoms with Crippen LogP contribution in [0.4, 0.5) is 0 Å². The van der Waals surface area contributed by atoms with Crippen LogP contribution in [-0.4, -0.2) is 22.2 Å². The second-order valence-electron chi connectivity index (χ2n) is 3.65. The fraction of sp³-hybridized carbons (Fsp3) is 0.0833. The first-order valence-corrected chi connectivity index (χ1v) is 6.72. The lowest BCUT2D eigenvalue weighted by molar-refractivity contribution is 0.425. The average molecular weight is 280 g/mol. The van der Waals surface area contributed by atoms with E-state index in [1.807, 2.05) is 12.1 Å². The normalized spacial score (nSPS) is 10.4. The summed E-state index contributed by atoms with van der Waals surface area (Å²) in [7, 11) is -1.46. The summed E-state index contributed by atoms with van der Waals surface area (Å²) in [4.78, 5) is 4.17. The van der Waals surface area contributed by atoms with Crippen molar-refractivity contribution in [2.75, 3.05) is 0 Å². The molecule has 0 aliphatic carbocycles. The van der Waals surface area contributed by atoms with Crippen LogP contribution in [0, 0.1) is 0 Å². The number of benzene rings is 1.